The molecule has 2 N–H and O–H groups in total. The summed E-state index contributed by atoms with van der Waals surface area (Å²) in [5.74, 6) is 0. The summed E-state index contributed by atoms with van der Waals surface area (Å²) in [4.78, 5) is 1.99. The molecule has 0 amide bonds. The van der Waals surface area contributed by atoms with Crippen molar-refractivity contribution >= 4 is 5.69 Å². The average molecular weight is 237 g/mol. The Morgan fingerprint density at radius 2 is 1.59 bits per heavy atom. The van der Waals surface area contributed by atoms with Crippen LogP contribution >= 0.6 is 0 Å². The average Bonchev–Trinajstić information content (AvgIpc) is 2.37. The lowest BCUT2D eigenvalue weighted by Gasteiger charge is -2.23. The molecule has 0 aliphatic heterocycles. The number of benzene rings is 1. The van der Waals surface area contributed by atoms with Gasteiger partial charge in [0.05, 0.1) is 13.2 Å². The lowest BCUT2D eigenvalue weighted by atomic mass is 10.1. The van der Waals surface area contributed by atoms with Crippen molar-refractivity contribution in [2.45, 2.75) is 26.2 Å². The summed E-state index contributed by atoms with van der Waals surface area (Å²) in [6.07, 6.45) is 3.55. The zero-order valence-electron chi connectivity index (χ0n) is 10.6. The van der Waals surface area contributed by atoms with Crippen molar-refractivity contribution in [3.8, 4) is 0 Å². The number of nitrogens with zero attached hydrogens (tertiary/aromatic N) is 1. The second kappa shape index (κ2) is 8.09. The highest BCUT2D eigenvalue weighted by Crippen LogP contribution is 2.16. The van der Waals surface area contributed by atoms with Crippen LogP contribution in [0.25, 0.3) is 0 Å². The first-order valence-corrected chi connectivity index (χ1v) is 6.37. The fraction of sp³-hybridized carbons (Fsp3) is 0.571. The van der Waals surface area contributed by atoms with Crippen LogP contribution in [0.15, 0.2) is 24.3 Å². The molecule has 0 fully saturated rings. The Labute approximate surface area is 104 Å². The van der Waals surface area contributed by atoms with Crippen molar-refractivity contribution in [1.29, 1.82) is 0 Å². The van der Waals surface area contributed by atoms with Crippen LogP contribution in [0.1, 0.15) is 25.3 Å². The van der Waals surface area contributed by atoms with Crippen LogP contribution in [0.4, 0.5) is 5.69 Å². The smallest absolute Gasteiger partial charge is 0.0606 e. The highest BCUT2D eigenvalue weighted by molar-refractivity contribution is 5.47. The van der Waals surface area contributed by atoms with E-state index < -0.39 is 0 Å². The van der Waals surface area contributed by atoms with Crippen LogP contribution in [0, 0.1) is 0 Å². The zero-order chi connectivity index (χ0) is 12.5. The molecule has 1 aromatic rings. The molecule has 0 heterocycles. The van der Waals surface area contributed by atoms with Crippen LogP contribution in [0.5, 0.6) is 0 Å². The summed E-state index contributed by atoms with van der Waals surface area (Å²) in [7, 11) is 0. The molecule has 0 saturated carbocycles. The Morgan fingerprint density at radius 3 is 2.06 bits per heavy atom. The Bertz CT molecular complexity index is 292. The van der Waals surface area contributed by atoms with E-state index in [1.165, 1.54) is 18.4 Å². The molecule has 96 valence electrons. The first-order chi connectivity index (χ1) is 8.31. The van der Waals surface area contributed by atoms with Crippen LogP contribution in [-0.2, 0) is 6.42 Å². The van der Waals surface area contributed by atoms with Gasteiger partial charge in [-0.05, 0) is 30.5 Å². The van der Waals surface area contributed by atoms with E-state index in [9.17, 15) is 0 Å². The zero-order valence-corrected chi connectivity index (χ0v) is 10.6. The van der Waals surface area contributed by atoms with Crippen LogP contribution in [0.3, 0.4) is 0 Å². The van der Waals surface area contributed by atoms with E-state index in [0.717, 1.165) is 12.1 Å². The van der Waals surface area contributed by atoms with Gasteiger partial charge in [-0.1, -0.05) is 25.5 Å². The molecule has 0 spiro atoms. The Hall–Kier alpha value is -1.06. The Morgan fingerprint density at radius 1 is 1.00 bits per heavy atom. The number of aryl methyl sites for hydroxylation is 1. The maximum atomic E-state index is 8.97. The van der Waals surface area contributed by atoms with Gasteiger partial charge in [-0.15, -0.1) is 0 Å². The van der Waals surface area contributed by atoms with E-state index in [4.69, 9.17) is 10.2 Å². The van der Waals surface area contributed by atoms with Gasteiger partial charge in [0.1, 0.15) is 0 Å². The predicted molar refractivity (Wildman–Crippen MR) is 71.4 cm³/mol. The summed E-state index contributed by atoms with van der Waals surface area (Å²) in [6, 6.07) is 8.39. The van der Waals surface area contributed by atoms with E-state index in [-0.39, 0.29) is 13.2 Å². The maximum absolute atomic E-state index is 8.97. The van der Waals surface area contributed by atoms with E-state index in [1.807, 2.05) is 4.90 Å². The standard InChI is InChI=1S/C14H23NO2/c1-2-3-4-13-5-7-14(8-6-13)15(9-11-16)10-12-17/h5-8,16-17H,2-4,9-12H2,1H3. The number of hydrogen-bond acceptors (Lipinski definition) is 3. The molecular formula is C14H23NO2. The molecule has 0 aliphatic carbocycles. The van der Waals surface area contributed by atoms with Crippen molar-refractivity contribution < 1.29 is 10.2 Å². The van der Waals surface area contributed by atoms with Gasteiger partial charge in [0.25, 0.3) is 0 Å². The maximum Gasteiger partial charge on any atom is 0.0606 e. The third kappa shape index (κ3) is 4.75. The molecule has 0 bridgehead atoms. The van der Waals surface area contributed by atoms with Gasteiger partial charge in [0.2, 0.25) is 0 Å². The van der Waals surface area contributed by atoms with Gasteiger partial charge in [-0.3, -0.25) is 0 Å². The first kappa shape index (κ1) is 14.0. The van der Waals surface area contributed by atoms with Gasteiger partial charge in [-0.25, -0.2) is 0 Å². The fourth-order valence-electron chi connectivity index (χ4n) is 1.87. The minimum atomic E-state index is 0.109. The van der Waals surface area contributed by atoms with Crippen molar-refractivity contribution in [1.82, 2.24) is 0 Å². The molecule has 0 unspecified atom stereocenters. The van der Waals surface area contributed by atoms with E-state index in [2.05, 4.69) is 31.2 Å². The fourth-order valence-corrected chi connectivity index (χ4v) is 1.87. The number of unbranched alkanes of at least 4 members (excludes halogenated alkanes) is 1. The van der Waals surface area contributed by atoms with Gasteiger partial charge in [0.15, 0.2) is 0 Å². The van der Waals surface area contributed by atoms with Crippen LogP contribution in [-0.4, -0.2) is 36.5 Å². The van der Waals surface area contributed by atoms with Crippen LogP contribution in [0.2, 0.25) is 0 Å². The number of anilines is 1. The molecule has 17 heavy (non-hydrogen) atoms. The van der Waals surface area contributed by atoms with Crippen molar-refractivity contribution in [2.75, 3.05) is 31.2 Å². The second-order valence-corrected chi connectivity index (χ2v) is 4.20. The van der Waals surface area contributed by atoms with E-state index in [1.54, 1.807) is 0 Å². The minimum Gasteiger partial charge on any atom is -0.395 e. The second-order valence-electron chi connectivity index (χ2n) is 4.20. The third-order valence-electron chi connectivity index (χ3n) is 2.86. The Balaban J connectivity index is 2.63. The summed E-state index contributed by atoms with van der Waals surface area (Å²) >= 11 is 0. The summed E-state index contributed by atoms with van der Waals surface area (Å²) in [5, 5.41) is 17.9. The van der Waals surface area contributed by atoms with E-state index in [0.29, 0.717) is 13.1 Å². The molecule has 0 aromatic heterocycles. The molecule has 3 nitrogen and oxygen atoms in total. The van der Waals surface area contributed by atoms with E-state index >= 15 is 0 Å². The van der Waals surface area contributed by atoms with Gasteiger partial charge in [-0.2, -0.15) is 0 Å². The summed E-state index contributed by atoms with van der Waals surface area (Å²) in [6.45, 7) is 3.54. The van der Waals surface area contributed by atoms with Gasteiger partial charge < -0.3 is 15.1 Å². The quantitative estimate of drug-likeness (QED) is 0.725. The van der Waals surface area contributed by atoms with Crippen LogP contribution < -0.4 is 4.90 Å². The van der Waals surface area contributed by atoms with Gasteiger partial charge in [0, 0.05) is 18.8 Å². The number of hydrogen-bond donors (Lipinski definition) is 2. The Kier molecular flexibility index (Phi) is 6.67. The topological polar surface area (TPSA) is 43.7 Å². The number of aliphatic hydroxyl groups is 2. The highest BCUT2D eigenvalue weighted by Gasteiger charge is 2.04. The predicted octanol–water partition coefficient (Wildman–Crippen LogP) is 1.82. The number of rotatable bonds is 8. The normalized spacial score (nSPS) is 10.5. The molecule has 0 aliphatic rings. The molecular weight excluding hydrogens is 214 g/mol. The SMILES string of the molecule is CCCCc1ccc(N(CCO)CCO)cc1. The van der Waals surface area contributed by atoms with Crippen molar-refractivity contribution in [3.63, 3.8) is 0 Å². The highest BCUT2D eigenvalue weighted by atomic mass is 16.3. The minimum absolute atomic E-state index is 0.109. The number of aliphatic hydroxyl groups excluding tert-OH is 2. The lowest BCUT2D eigenvalue weighted by Crippen LogP contribution is -2.29. The molecule has 3 heteroatoms. The molecule has 0 radical (unpaired) electrons. The van der Waals surface area contributed by atoms with Crippen molar-refractivity contribution in [3.05, 3.63) is 29.8 Å². The summed E-state index contributed by atoms with van der Waals surface area (Å²) < 4.78 is 0. The first-order valence-electron chi connectivity index (χ1n) is 6.37. The lowest BCUT2D eigenvalue weighted by molar-refractivity contribution is 0.281. The van der Waals surface area contributed by atoms with Crippen molar-refractivity contribution in [2.24, 2.45) is 0 Å². The summed E-state index contributed by atoms with van der Waals surface area (Å²) in [5.41, 5.74) is 2.41. The molecule has 0 atom stereocenters. The molecule has 1 rings (SSSR count). The third-order valence-corrected chi connectivity index (χ3v) is 2.86. The monoisotopic (exact) mass is 237 g/mol. The molecule has 0 saturated heterocycles. The van der Waals surface area contributed by atoms with Gasteiger partial charge >= 0.3 is 0 Å². The largest absolute Gasteiger partial charge is 0.395 e. The molecule has 1 aromatic carbocycles.